The van der Waals surface area contributed by atoms with E-state index in [0.717, 1.165) is 16.3 Å². The molecule has 0 fully saturated rings. The molecule has 0 bridgehead atoms. The maximum atomic E-state index is 11.9. The molecule has 0 aliphatic carbocycles. The molecule has 3 N–H and O–H groups in total. The van der Waals surface area contributed by atoms with Crippen molar-refractivity contribution in [2.75, 3.05) is 18.2 Å². The molecule has 114 valence electrons. The summed E-state index contributed by atoms with van der Waals surface area (Å²) < 4.78 is 7.10. The molecule has 0 spiro atoms. The molecule has 7 heteroatoms. The summed E-state index contributed by atoms with van der Waals surface area (Å²) in [5, 5.41) is 8.36. The van der Waals surface area contributed by atoms with Crippen molar-refractivity contribution in [2.45, 2.75) is 26.8 Å². The normalized spacial score (nSPS) is 10.7. The van der Waals surface area contributed by atoms with E-state index in [1.54, 1.807) is 11.8 Å². The summed E-state index contributed by atoms with van der Waals surface area (Å²) in [6.45, 7) is 4.39. The number of hydrogen-bond donors (Lipinski definition) is 2. The molecule has 0 saturated heterocycles. The SMILES string of the molecule is CCC(=O)c1sc(NCc2cn(C)nc2C)c(OC)c1N. The van der Waals surface area contributed by atoms with Gasteiger partial charge in [0.25, 0.3) is 0 Å². The van der Waals surface area contributed by atoms with Crippen LogP contribution in [-0.4, -0.2) is 22.7 Å². The quantitative estimate of drug-likeness (QED) is 0.802. The highest BCUT2D eigenvalue weighted by atomic mass is 32.1. The average Bonchev–Trinajstić information content (AvgIpc) is 2.94. The molecule has 2 heterocycles. The second-order valence-corrected chi connectivity index (χ2v) is 5.77. The number of carbonyl (C=O) groups is 1. The molecule has 0 saturated carbocycles. The van der Waals surface area contributed by atoms with E-state index in [9.17, 15) is 4.79 Å². The highest BCUT2D eigenvalue weighted by Gasteiger charge is 2.20. The fraction of sp³-hybridized carbons (Fsp3) is 0.429. The number of ketones is 1. The number of aryl methyl sites for hydroxylation is 2. The van der Waals surface area contributed by atoms with Gasteiger partial charge in [0.05, 0.1) is 23.4 Å². The Morgan fingerprint density at radius 3 is 2.81 bits per heavy atom. The topological polar surface area (TPSA) is 82.2 Å². The Hall–Kier alpha value is -2.02. The minimum absolute atomic E-state index is 0.0291. The zero-order valence-electron chi connectivity index (χ0n) is 12.7. The summed E-state index contributed by atoms with van der Waals surface area (Å²) in [6.07, 6.45) is 2.39. The van der Waals surface area contributed by atoms with Gasteiger partial charge in [0.2, 0.25) is 0 Å². The molecular weight excluding hydrogens is 288 g/mol. The van der Waals surface area contributed by atoms with E-state index in [2.05, 4.69) is 10.4 Å². The second-order valence-electron chi connectivity index (χ2n) is 4.75. The molecule has 0 amide bonds. The van der Waals surface area contributed by atoms with Crippen LogP contribution in [0.4, 0.5) is 10.7 Å². The highest BCUT2D eigenvalue weighted by Crippen LogP contribution is 2.43. The molecule has 6 nitrogen and oxygen atoms in total. The number of nitrogens with one attached hydrogen (secondary N) is 1. The van der Waals surface area contributed by atoms with Crippen LogP contribution in [0.2, 0.25) is 0 Å². The molecule has 2 aromatic heterocycles. The monoisotopic (exact) mass is 308 g/mol. The lowest BCUT2D eigenvalue weighted by Gasteiger charge is -2.06. The number of carbonyl (C=O) groups excluding carboxylic acids is 1. The lowest BCUT2D eigenvalue weighted by atomic mass is 10.2. The van der Waals surface area contributed by atoms with E-state index in [1.165, 1.54) is 11.3 Å². The van der Waals surface area contributed by atoms with Crippen LogP contribution in [-0.2, 0) is 13.6 Å². The number of nitrogens with two attached hydrogens (primary N) is 1. The largest absolute Gasteiger partial charge is 0.492 e. The first kappa shape index (κ1) is 15.4. The Kier molecular flexibility index (Phi) is 4.52. The predicted molar refractivity (Wildman–Crippen MR) is 85.2 cm³/mol. The number of nitrogen functional groups attached to an aromatic ring is 1. The van der Waals surface area contributed by atoms with Gasteiger partial charge in [0.15, 0.2) is 11.5 Å². The Bertz CT molecular complexity index is 660. The number of hydrogen-bond acceptors (Lipinski definition) is 6. The van der Waals surface area contributed by atoms with Crippen LogP contribution in [0.15, 0.2) is 6.20 Å². The standard InChI is InChI=1S/C14H20N4O2S/c1-5-10(19)13-11(15)12(20-4)14(21-13)16-6-9-7-18(3)17-8(9)2/h7,16H,5-6,15H2,1-4H3. The minimum atomic E-state index is 0.0291. The Labute approximate surface area is 127 Å². The van der Waals surface area contributed by atoms with Crippen molar-refractivity contribution in [2.24, 2.45) is 7.05 Å². The van der Waals surface area contributed by atoms with Gasteiger partial charge in [0.1, 0.15) is 5.00 Å². The van der Waals surface area contributed by atoms with E-state index in [-0.39, 0.29) is 5.78 Å². The van der Waals surface area contributed by atoms with Crippen molar-refractivity contribution >= 4 is 27.8 Å². The number of methoxy groups -OCH3 is 1. The first-order chi connectivity index (χ1) is 9.97. The fourth-order valence-electron chi connectivity index (χ4n) is 2.11. The van der Waals surface area contributed by atoms with Crippen LogP contribution in [0.5, 0.6) is 5.75 Å². The first-order valence-corrected chi connectivity index (χ1v) is 7.52. The molecule has 0 aromatic carbocycles. The number of ether oxygens (including phenoxy) is 1. The molecule has 0 unspecified atom stereocenters. The van der Waals surface area contributed by atoms with Gasteiger partial charge in [-0.25, -0.2) is 0 Å². The third-order valence-corrected chi connectivity index (χ3v) is 4.42. The van der Waals surface area contributed by atoms with E-state index >= 15 is 0 Å². The fourth-order valence-corrected chi connectivity index (χ4v) is 3.21. The van der Waals surface area contributed by atoms with Gasteiger partial charge in [-0.05, 0) is 6.92 Å². The summed E-state index contributed by atoms with van der Waals surface area (Å²) in [6, 6.07) is 0. The summed E-state index contributed by atoms with van der Waals surface area (Å²) in [4.78, 5) is 12.4. The van der Waals surface area contributed by atoms with Crippen molar-refractivity contribution in [1.29, 1.82) is 0 Å². The summed E-state index contributed by atoms with van der Waals surface area (Å²) >= 11 is 1.34. The van der Waals surface area contributed by atoms with Gasteiger partial charge in [-0.2, -0.15) is 5.10 Å². The Balaban J connectivity index is 2.23. The molecule has 2 rings (SSSR count). The van der Waals surface area contributed by atoms with Crippen LogP contribution < -0.4 is 15.8 Å². The maximum absolute atomic E-state index is 11.9. The summed E-state index contributed by atoms with van der Waals surface area (Å²) in [5.74, 6) is 0.569. The van der Waals surface area contributed by atoms with Crippen LogP contribution in [0.1, 0.15) is 34.3 Å². The van der Waals surface area contributed by atoms with E-state index in [1.807, 2.05) is 27.1 Å². The highest BCUT2D eigenvalue weighted by molar-refractivity contribution is 7.19. The van der Waals surface area contributed by atoms with Gasteiger partial charge in [0, 0.05) is 31.8 Å². The third-order valence-electron chi connectivity index (χ3n) is 3.23. The summed E-state index contributed by atoms with van der Waals surface area (Å²) in [7, 11) is 3.44. The van der Waals surface area contributed by atoms with Crippen LogP contribution in [0, 0.1) is 6.92 Å². The van der Waals surface area contributed by atoms with Crippen molar-refractivity contribution < 1.29 is 9.53 Å². The van der Waals surface area contributed by atoms with E-state index in [0.29, 0.717) is 29.3 Å². The predicted octanol–water partition coefficient (Wildman–Crippen LogP) is 2.59. The number of aromatic nitrogens is 2. The number of Topliss-reactive ketones (excluding diaryl/α,β-unsaturated/α-hetero) is 1. The first-order valence-electron chi connectivity index (χ1n) is 6.70. The number of thiophene rings is 1. The zero-order chi connectivity index (χ0) is 15.6. The third kappa shape index (κ3) is 3.02. The van der Waals surface area contributed by atoms with Crippen molar-refractivity contribution in [3.8, 4) is 5.75 Å². The van der Waals surface area contributed by atoms with Gasteiger partial charge in [-0.15, -0.1) is 11.3 Å². The number of anilines is 2. The second kappa shape index (κ2) is 6.17. The number of nitrogens with zero attached hydrogens (tertiary/aromatic N) is 2. The molecule has 21 heavy (non-hydrogen) atoms. The van der Waals surface area contributed by atoms with Crippen molar-refractivity contribution in [3.63, 3.8) is 0 Å². The van der Waals surface area contributed by atoms with Crippen LogP contribution in [0.3, 0.4) is 0 Å². The smallest absolute Gasteiger partial charge is 0.176 e. The molecular formula is C14H20N4O2S. The van der Waals surface area contributed by atoms with Gasteiger partial charge >= 0.3 is 0 Å². The maximum Gasteiger partial charge on any atom is 0.176 e. The minimum Gasteiger partial charge on any atom is -0.492 e. The Morgan fingerprint density at radius 2 is 2.29 bits per heavy atom. The van der Waals surface area contributed by atoms with Crippen LogP contribution in [0.25, 0.3) is 0 Å². The van der Waals surface area contributed by atoms with Crippen LogP contribution >= 0.6 is 11.3 Å². The summed E-state index contributed by atoms with van der Waals surface area (Å²) in [5.41, 5.74) is 8.48. The lowest BCUT2D eigenvalue weighted by Crippen LogP contribution is -2.00. The van der Waals surface area contributed by atoms with Gasteiger partial charge < -0.3 is 15.8 Å². The molecule has 0 atom stereocenters. The molecule has 2 aromatic rings. The average molecular weight is 308 g/mol. The lowest BCUT2D eigenvalue weighted by molar-refractivity contribution is 0.0992. The molecule has 0 radical (unpaired) electrons. The van der Waals surface area contributed by atoms with Gasteiger partial charge in [-0.1, -0.05) is 6.92 Å². The van der Waals surface area contributed by atoms with Gasteiger partial charge in [-0.3, -0.25) is 9.48 Å². The molecule has 0 aliphatic heterocycles. The number of rotatable bonds is 6. The zero-order valence-corrected chi connectivity index (χ0v) is 13.5. The van der Waals surface area contributed by atoms with E-state index in [4.69, 9.17) is 10.5 Å². The van der Waals surface area contributed by atoms with Crippen molar-refractivity contribution in [3.05, 3.63) is 22.3 Å². The Morgan fingerprint density at radius 1 is 1.57 bits per heavy atom. The van der Waals surface area contributed by atoms with E-state index < -0.39 is 0 Å². The van der Waals surface area contributed by atoms with Crippen molar-refractivity contribution in [1.82, 2.24) is 9.78 Å². The molecule has 0 aliphatic rings.